The molecule has 2 unspecified atom stereocenters. The largest absolute Gasteiger partial charge is 0.378 e. The fourth-order valence-corrected chi connectivity index (χ4v) is 3.20. The Morgan fingerprint density at radius 2 is 1.93 bits per heavy atom. The van der Waals surface area contributed by atoms with Crippen LogP contribution < -0.4 is 5.32 Å². The van der Waals surface area contributed by atoms with Crippen molar-refractivity contribution in [3.63, 3.8) is 0 Å². The van der Waals surface area contributed by atoms with Crippen LogP contribution in [0.3, 0.4) is 0 Å². The molecule has 0 aromatic carbocycles. The summed E-state index contributed by atoms with van der Waals surface area (Å²) in [7, 11) is 2.05. The highest BCUT2D eigenvalue weighted by Gasteiger charge is 2.30. The summed E-state index contributed by atoms with van der Waals surface area (Å²) in [6.07, 6.45) is 10.4. The molecular weight excluding hydrogens is 186 g/mol. The van der Waals surface area contributed by atoms with Crippen LogP contribution in [-0.2, 0) is 4.74 Å². The van der Waals surface area contributed by atoms with Crippen molar-refractivity contribution in [2.24, 2.45) is 11.8 Å². The van der Waals surface area contributed by atoms with E-state index in [0.29, 0.717) is 6.10 Å². The standard InChI is InChI=1S/C13H25NO/c1-14-10-12-7-8-15-13(12)9-11-5-3-2-4-6-11/h11-14H,2-10H2,1H3. The molecule has 0 spiro atoms. The van der Waals surface area contributed by atoms with E-state index >= 15 is 0 Å². The zero-order valence-electron chi connectivity index (χ0n) is 10.0. The van der Waals surface area contributed by atoms with Gasteiger partial charge in [0.05, 0.1) is 6.10 Å². The van der Waals surface area contributed by atoms with E-state index in [0.717, 1.165) is 25.0 Å². The molecule has 2 aliphatic rings. The predicted octanol–water partition coefficient (Wildman–Crippen LogP) is 2.58. The Balaban J connectivity index is 1.76. The highest BCUT2D eigenvalue weighted by Crippen LogP contribution is 2.32. The van der Waals surface area contributed by atoms with Crippen LogP contribution in [0.2, 0.25) is 0 Å². The third-order valence-corrected chi connectivity index (χ3v) is 4.10. The Morgan fingerprint density at radius 1 is 1.13 bits per heavy atom. The molecule has 1 saturated carbocycles. The van der Waals surface area contributed by atoms with Crippen molar-refractivity contribution in [3.8, 4) is 0 Å². The van der Waals surface area contributed by atoms with Crippen LogP contribution in [0.5, 0.6) is 0 Å². The van der Waals surface area contributed by atoms with E-state index in [1.165, 1.54) is 44.9 Å². The maximum absolute atomic E-state index is 5.88. The first-order chi connectivity index (χ1) is 7.40. The average molecular weight is 211 g/mol. The fraction of sp³-hybridized carbons (Fsp3) is 1.00. The first-order valence-corrected chi connectivity index (χ1v) is 6.66. The number of nitrogens with one attached hydrogen (secondary N) is 1. The maximum atomic E-state index is 5.88. The van der Waals surface area contributed by atoms with Gasteiger partial charge in [-0.1, -0.05) is 32.1 Å². The van der Waals surface area contributed by atoms with E-state index < -0.39 is 0 Å². The topological polar surface area (TPSA) is 21.3 Å². The molecule has 1 aliphatic heterocycles. The molecular formula is C13H25NO. The normalized spacial score (nSPS) is 33.4. The van der Waals surface area contributed by atoms with Crippen molar-refractivity contribution in [1.82, 2.24) is 5.32 Å². The minimum Gasteiger partial charge on any atom is -0.378 e. The van der Waals surface area contributed by atoms with Gasteiger partial charge in [-0.25, -0.2) is 0 Å². The van der Waals surface area contributed by atoms with Crippen molar-refractivity contribution in [1.29, 1.82) is 0 Å². The number of hydrogen-bond donors (Lipinski definition) is 1. The van der Waals surface area contributed by atoms with Gasteiger partial charge in [0.1, 0.15) is 0 Å². The summed E-state index contributed by atoms with van der Waals surface area (Å²) in [6.45, 7) is 2.13. The predicted molar refractivity (Wildman–Crippen MR) is 63.0 cm³/mol. The van der Waals surface area contributed by atoms with Crippen molar-refractivity contribution in [3.05, 3.63) is 0 Å². The first kappa shape index (κ1) is 11.4. The molecule has 1 aliphatic carbocycles. The lowest BCUT2D eigenvalue weighted by atomic mass is 9.83. The van der Waals surface area contributed by atoms with Gasteiger partial charge in [0.15, 0.2) is 0 Å². The fourth-order valence-electron chi connectivity index (χ4n) is 3.20. The zero-order chi connectivity index (χ0) is 10.5. The van der Waals surface area contributed by atoms with Gasteiger partial charge >= 0.3 is 0 Å². The summed E-state index contributed by atoms with van der Waals surface area (Å²) in [5, 5.41) is 3.30. The second kappa shape index (κ2) is 5.86. The van der Waals surface area contributed by atoms with Crippen molar-refractivity contribution < 1.29 is 4.74 Å². The summed E-state index contributed by atoms with van der Waals surface area (Å²) in [5.74, 6) is 1.73. The third-order valence-electron chi connectivity index (χ3n) is 4.10. The molecule has 2 atom stereocenters. The first-order valence-electron chi connectivity index (χ1n) is 6.66. The molecule has 0 aromatic heterocycles. The van der Waals surface area contributed by atoms with E-state index in [1.54, 1.807) is 0 Å². The SMILES string of the molecule is CNCC1CCOC1CC1CCCCC1. The van der Waals surface area contributed by atoms with Crippen LogP contribution >= 0.6 is 0 Å². The van der Waals surface area contributed by atoms with Crippen LogP contribution in [0.4, 0.5) is 0 Å². The van der Waals surface area contributed by atoms with E-state index in [2.05, 4.69) is 12.4 Å². The number of ether oxygens (including phenoxy) is 1. The second-order valence-corrected chi connectivity index (χ2v) is 5.26. The van der Waals surface area contributed by atoms with Crippen LogP contribution in [0.25, 0.3) is 0 Å². The quantitative estimate of drug-likeness (QED) is 0.771. The Hall–Kier alpha value is -0.0800. The van der Waals surface area contributed by atoms with Gasteiger partial charge in [-0.05, 0) is 31.7 Å². The molecule has 0 radical (unpaired) electrons. The second-order valence-electron chi connectivity index (χ2n) is 5.26. The summed E-state index contributed by atoms with van der Waals surface area (Å²) in [6, 6.07) is 0. The highest BCUT2D eigenvalue weighted by atomic mass is 16.5. The zero-order valence-corrected chi connectivity index (χ0v) is 10.0. The van der Waals surface area contributed by atoms with Gasteiger partial charge in [0, 0.05) is 13.2 Å². The van der Waals surface area contributed by atoms with E-state index in [9.17, 15) is 0 Å². The Kier molecular flexibility index (Phi) is 4.45. The Labute approximate surface area is 93.8 Å². The van der Waals surface area contributed by atoms with E-state index in [4.69, 9.17) is 4.74 Å². The number of hydrogen-bond acceptors (Lipinski definition) is 2. The molecule has 1 N–H and O–H groups in total. The van der Waals surface area contributed by atoms with Gasteiger partial charge in [-0.2, -0.15) is 0 Å². The van der Waals surface area contributed by atoms with Gasteiger partial charge in [-0.15, -0.1) is 0 Å². The monoisotopic (exact) mass is 211 g/mol. The lowest BCUT2D eigenvalue weighted by Crippen LogP contribution is -2.28. The molecule has 2 fully saturated rings. The van der Waals surface area contributed by atoms with Crippen molar-refractivity contribution >= 4 is 0 Å². The third kappa shape index (κ3) is 3.18. The van der Waals surface area contributed by atoms with E-state index in [1.807, 2.05) is 0 Å². The van der Waals surface area contributed by atoms with Crippen molar-refractivity contribution in [2.45, 2.75) is 51.0 Å². The minimum atomic E-state index is 0.556. The average Bonchev–Trinajstić information content (AvgIpc) is 2.68. The van der Waals surface area contributed by atoms with Gasteiger partial charge in [0.2, 0.25) is 0 Å². The summed E-state index contributed by atoms with van der Waals surface area (Å²) in [5.41, 5.74) is 0. The molecule has 0 aromatic rings. The molecule has 15 heavy (non-hydrogen) atoms. The molecule has 1 saturated heterocycles. The summed E-state index contributed by atoms with van der Waals surface area (Å²) in [4.78, 5) is 0. The molecule has 1 heterocycles. The Morgan fingerprint density at radius 3 is 2.67 bits per heavy atom. The van der Waals surface area contributed by atoms with Crippen LogP contribution in [0.15, 0.2) is 0 Å². The molecule has 2 heteroatoms. The van der Waals surface area contributed by atoms with Gasteiger partial charge in [0.25, 0.3) is 0 Å². The summed E-state index contributed by atoms with van der Waals surface area (Å²) < 4.78 is 5.88. The maximum Gasteiger partial charge on any atom is 0.0618 e. The summed E-state index contributed by atoms with van der Waals surface area (Å²) >= 11 is 0. The lowest BCUT2D eigenvalue weighted by Gasteiger charge is -2.26. The molecule has 0 bridgehead atoms. The highest BCUT2D eigenvalue weighted by molar-refractivity contribution is 4.81. The molecule has 2 rings (SSSR count). The molecule has 88 valence electrons. The lowest BCUT2D eigenvalue weighted by molar-refractivity contribution is 0.0633. The minimum absolute atomic E-state index is 0.556. The Bertz CT molecular complexity index is 177. The number of rotatable bonds is 4. The van der Waals surface area contributed by atoms with E-state index in [-0.39, 0.29) is 0 Å². The van der Waals surface area contributed by atoms with Gasteiger partial charge < -0.3 is 10.1 Å². The van der Waals surface area contributed by atoms with Crippen LogP contribution in [-0.4, -0.2) is 26.3 Å². The van der Waals surface area contributed by atoms with Crippen molar-refractivity contribution in [2.75, 3.05) is 20.2 Å². The smallest absolute Gasteiger partial charge is 0.0618 e. The van der Waals surface area contributed by atoms with Crippen LogP contribution in [0.1, 0.15) is 44.9 Å². The molecule has 0 amide bonds. The van der Waals surface area contributed by atoms with Crippen LogP contribution in [0, 0.1) is 11.8 Å². The van der Waals surface area contributed by atoms with Gasteiger partial charge in [-0.3, -0.25) is 0 Å². The molecule has 2 nitrogen and oxygen atoms in total.